The van der Waals surface area contributed by atoms with Crippen molar-refractivity contribution in [3.63, 3.8) is 0 Å². The van der Waals surface area contributed by atoms with E-state index in [1.165, 1.54) is 56.4 Å². The number of benzene rings is 2. The fourth-order valence-electron chi connectivity index (χ4n) is 4.20. The minimum Gasteiger partial charge on any atom is -0.449 e. The van der Waals surface area contributed by atoms with Crippen LogP contribution in [0.25, 0.3) is 11.0 Å². The molecule has 1 aromatic heterocycles. The molecule has 0 saturated heterocycles. The number of fused-ring (bicyclic) bond motifs is 1. The third-order valence-corrected chi connectivity index (χ3v) is 5.91. The molecule has 0 unspecified atom stereocenters. The van der Waals surface area contributed by atoms with Gasteiger partial charge in [0.2, 0.25) is 11.7 Å². The maximum absolute atomic E-state index is 12.9. The van der Waals surface area contributed by atoms with Gasteiger partial charge in [-0.15, -0.1) is 0 Å². The first-order chi connectivity index (χ1) is 15.5. The summed E-state index contributed by atoms with van der Waals surface area (Å²) in [5.74, 6) is -0.111. The Morgan fingerprint density at radius 2 is 1.72 bits per heavy atom. The molecule has 0 bridgehead atoms. The van der Waals surface area contributed by atoms with Gasteiger partial charge in [-0.1, -0.05) is 44.2 Å². The van der Waals surface area contributed by atoms with Crippen molar-refractivity contribution in [1.82, 2.24) is 0 Å². The lowest BCUT2D eigenvalue weighted by Crippen LogP contribution is -2.18. The molecule has 2 amide bonds. The number of carbonyl (C=O) groups excluding carboxylic acids is 2. The van der Waals surface area contributed by atoms with Crippen LogP contribution in [0, 0.1) is 16.0 Å². The van der Waals surface area contributed by atoms with Crippen molar-refractivity contribution in [2.75, 3.05) is 10.6 Å². The number of amides is 2. The Hall–Kier alpha value is -3.68. The molecule has 3 aromatic rings. The number of rotatable bonds is 7. The average Bonchev–Trinajstić information content (AvgIpc) is 3.17. The van der Waals surface area contributed by atoms with Gasteiger partial charge in [0.15, 0.2) is 0 Å². The fourth-order valence-corrected chi connectivity index (χ4v) is 4.20. The zero-order valence-corrected chi connectivity index (χ0v) is 17.6. The van der Waals surface area contributed by atoms with Crippen molar-refractivity contribution >= 4 is 39.8 Å². The number of nitrogens with zero attached hydrogens (tertiary/aromatic N) is 1. The Labute approximate surface area is 185 Å². The predicted molar refractivity (Wildman–Crippen MR) is 122 cm³/mol. The topological polar surface area (TPSA) is 114 Å². The molecule has 2 N–H and O–H groups in total. The molecule has 0 radical (unpaired) electrons. The molecule has 0 spiro atoms. The van der Waals surface area contributed by atoms with E-state index in [9.17, 15) is 19.7 Å². The number of non-ortho nitro benzene ring substituents is 1. The van der Waals surface area contributed by atoms with Gasteiger partial charge in [-0.05, 0) is 36.6 Å². The lowest BCUT2D eigenvalue weighted by Gasteiger charge is -2.20. The summed E-state index contributed by atoms with van der Waals surface area (Å²) < 4.78 is 5.76. The van der Waals surface area contributed by atoms with Crippen molar-refractivity contribution < 1.29 is 18.9 Å². The molecule has 0 aliphatic heterocycles. The van der Waals surface area contributed by atoms with E-state index in [2.05, 4.69) is 10.6 Å². The summed E-state index contributed by atoms with van der Waals surface area (Å²) >= 11 is 0. The van der Waals surface area contributed by atoms with Crippen LogP contribution < -0.4 is 10.6 Å². The Morgan fingerprint density at radius 1 is 1.00 bits per heavy atom. The molecule has 1 aliphatic carbocycles. The molecule has 8 heteroatoms. The van der Waals surface area contributed by atoms with Crippen LogP contribution in [0.3, 0.4) is 0 Å². The summed E-state index contributed by atoms with van der Waals surface area (Å²) in [6.07, 6.45) is 7.31. The normalized spacial score (nSPS) is 14.2. The van der Waals surface area contributed by atoms with Crippen LogP contribution in [0.15, 0.2) is 52.9 Å². The Morgan fingerprint density at radius 3 is 2.44 bits per heavy atom. The fraction of sp³-hybridized carbons (Fsp3) is 0.333. The first-order valence-corrected chi connectivity index (χ1v) is 10.9. The molecule has 4 rings (SSSR count). The number of nitro benzene ring substituents is 1. The van der Waals surface area contributed by atoms with E-state index in [0.29, 0.717) is 34.7 Å². The maximum atomic E-state index is 12.9. The molecule has 0 atom stereocenters. The maximum Gasteiger partial charge on any atom is 0.293 e. The molecule has 1 heterocycles. The van der Waals surface area contributed by atoms with Gasteiger partial charge in [0.05, 0.1) is 4.92 Å². The number of furan rings is 1. The van der Waals surface area contributed by atoms with Crippen LogP contribution in [-0.2, 0) is 4.79 Å². The molecule has 1 aliphatic rings. The summed E-state index contributed by atoms with van der Waals surface area (Å²) in [4.78, 5) is 35.9. The van der Waals surface area contributed by atoms with E-state index in [4.69, 9.17) is 4.42 Å². The predicted octanol–water partition coefficient (Wildman–Crippen LogP) is 5.89. The highest BCUT2D eigenvalue weighted by molar-refractivity contribution is 6.14. The standard InChI is InChI=1S/C24H25N3O5/c28-21(15-10-16-6-2-1-3-7-16)26-22-19-8-4-5-9-20(19)32-23(22)24(29)25-17-11-13-18(14-12-17)27(30)31/h4-5,8-9,11-14,16H,1-3,6-7,10,15H2,(H,25,29)(H,26,28). The third kappa shape index (κ3) is 4.96. The molecular formula is C24H25N3O5. The van der Waals surface area contributed by atoms with E-state index >= 15 is 0 Å². The third-order valence-electron chi connectivity index (χ3n) is 5.91. The second-order valence-corrected chi connectivity index (χ2v) is 8.15. The summed E-state index contributed by atoms with van der Waals surface area (Å²) in [5.41, 5.74) is 1.14. The minimum absolute atomic E-state index is 0.00410. The molecule has 1 saturated carbocycles. The van der Waals surface area contributed by atoms with E-state index < -0.39 is 10.8 Å². The van der Waals surface area contributed by atoms with Crippen LogP contribution >= 0.6 is 0 Å². The zero-order chi connectivity index (χ0) is 22.5. The quantitative estimate of drug-likeness (QED) is 0.355. The van der Waals surface area contributed by atoms with Crippen LogP contribution in [-0.4, -0.2) is 16.7 Å². The minimum atomic E-state index is -0.544. The second kappa shape index (κ2) is 9.64. The van der Waals surface area contributed by atoms with Crippen molar-refractivity contribution in [1.29, 1.82) is 0 Å². The molecule has 1 fully saturated rings. The van der Waals surface area contributed by atoms with Crippen LogP contribution in [0.4, 0.5) is 17.1 Å². The lowest BCUT2D eigenvalue weighted by atomic mass is 9.86. The van der Waals surface area contributed by atoms with Crippen LogP contribution in [0.5, 0.6) is 0 Å². The van der Waals surface area contributed by atoms with Gasteiger partial charge in [0.25, 0.3) is 11.6 Å². The van der Waals surface area contributed by atoms with E-state index in [0.717, 1.165) is 6.42 Å². The highest BCUT2D eigenvalue weighted by Crippen LogP contribution is 2.32. The Balaban J connectivity index is 1.50. The van der Waals surface area contributed by atoms with Gasteiger partial charge in [-0.3, -0.25) is 19.7 Å². The lowest BCUT2D eigenvalue weighted by molar-refractivity contribution is -0.384. The first-order valence-electron chi connectivity index (χ1n) is 10.9. The summed E-state index contributed by atoms with van der Waals surface area (Å²) in [7, 11) is 0. The van der Waals surface area contributed by atoms with Crippen molar-refractivity contribution in [2.45, 2.75) is 44.9 Å². The highest BCUT2D eigenvalue weighted by Gasteiger charge is 2.23. The van der Waals surface area contributed by atoms with Crippen molar-refractivity contribution in [3.05, 3.63) is 64.4 Å². The SMILES string of the molecule is O=C(CCC1CCCCC1)Nc1c(C(=O)Nc2ccc([N+](=O)[O-])cc2)oc2ccccc12. The molecule has 2 aromatic carbocycles. The van der Waals surface area contributed by atoms with E-state index in [1.807, 2.05) is 6.07 Å². The number of para-hydroxylation sites is 1. The second-order valence-electron chi connectivity index (χ2n) is 8.15. The number of nitrogens with one attached hydrogen (secondary N) is 2. The molecular weight excluding hydrogens is 410 g/mol. The van der Waals surface area contributed by atoms with Crippen LogP contribution in [0.1, 0.15) is 55.5 Å². The van der Waals surface area contributed by atoms with Gasteiger partial charge in [-0.25, -0.2) is 0 Å². The highest BCUT2D eigenvalue weighted by atomic mass is 16.6. The summed E-state index contributed by atoms with van der Waals surface area (Å²) in [6, 6.07) is 12.6. The number of carbonyl (C=O) groups is 2. The zero-order valence-electron chi connectivity index (χ0n) is 17.6. The van der Waals surface area contributed by atoms with Gasteiger partial charge in [-0.2, -0.15) is 0 Å². The monoisotopic (exact) mass is 435 g/mol. The number of hydrogen-bond acceptors (Lipinski definition) is 5. The van der Waals surface area contributed by atoms with Gasteiger partial charge >= 0.3 is 0 Å². The molecule has 8 nitrogen and oxygen atoms in total. The van der Waals surface area contributed by atoms with E-state index in [1.54, 1.807) is 18.2 Å². The van der Waals surface area contributed by atoms with Gasteiger partial charge in [0, 0.05) is 29.6 Å². The van der Waals surface area contributed by atoms with Gasteiger partial charge in [0.1, 0.15) is 11.3 Å². The number of hydrogen-bond donors (Lipinski definition) is 2. The molecule has 166 valence electrons. The Kier molecular flexibility index (Phi) is 6.49. The van der Waals surface area contributed by atoms with Crippen molar-refractivity contribution in [2.24, 2.45) is 5.92 Å². The smallest absolute Gasteiger partial charge is 0.293 e. The molecule has 32 heavy (non-hydrogen) atoms. The van der Waals surface area contributed by atoms with Crippen LogP contribution in [0.2, 0.25) is 0 Å². The number of nitro groups is 1. The number of anilines is 2. The largest absolute Gasteiger partial charge is 0.449 e. The summed E-state index contributed by atoms with van der Waals surface area (Å²) in [6.45, 7) is 0. The first kappa shape index (κ1) is 21.5. The van der Waals surface area contributed by atoms with Gasteiger partial charge < -0.3 is 15.1 Å². The summed E-state index contributed by atoms with van der Waals surface area (Å²) in [5, 5.41) is 17.0. The Bertz CT molecular complexity index is 1130. The average molecular weight is 435 g/mol. The van der Waals surface area contributed by atoms with Crippen molar-refractivity contribution in [3.8, 4) is 0 Å². The van der Waals surface area contributed by atoms with E-state index in [-0.39, 0.29) is 17.4 Å².